The van der Waals surface area contributed by atoms with Crippen LogP contribution < -0.4 is 4.74 Å². The van der Waals surface area contributed by atoms with Gasteiger partial charge in [0.25, 0.3) is 0 Å². The monoisotopic (exact) mass is 222 g/mol. The van der Waals surface area contributed by atoms with E-state index in [9.17, 15) is 9.59 Å². The molecule has 4 heteroatoms. The van der Waals surface area contributed by atoms with Crippen molar-refractivity contribution >= 4 is 11.8 Å². The maximum Gasteiger partial charge on any atom is 0.341 e. The van der Waals surface area contributed by atoms with Crippen LogP contribution in [0.4, 0.5) is 0 Å². The molecule has 0 saturated heterocycles. The van der Waals surface area contributed by atoms with Crippen molar-refractivity contribution in [3.05, 3.63) is 29.8 Å². The first-order chi connectivity index (χ1) is 7.50. The minimum Gasteiger partial charge on any atom is -0.482 e. The molecular formula is C12H14O4. The topological polar surface area (TPSA) is 63.6 Å². The summed E-state index contributed by atoms with van der Waals surface area (Å²) in [5.74, 6) is -0.569. The number of ether oxygens (including phenoxy) is 1. The summed E-state index contributed by atoms with van der Waals surface area (Å²) in [4.78, 5) is 21.8. The number of carbonyl (C=O) groups is 2. The molecule has 0 heterocycles. The summed E-state index contributed by atoms with van der Waals surface area (Å²) >= 11 is 0. The highest BCUT2D eigenvalue weighted by molar-refractivity contribution is 5.97. The molecule has 0 aliphatic heterocycles. The molecule has 1 aromatic carbocycles. The van der Waals surface area contributed by atoms with Crippen LogP contribution in [0.25, 0.3) is 0 Å². The van der Waals surface area contributed by atoms with E-state index < -0.39 is 5.97 Å². The van der Waals surface area contributed by atoms with Gasteiger partial charge in [-0.1, -0.05) is 13.8 Å². The number of hydrogen-bond acceptors (Lipinski definition) is 3. The zero-order chi connectivity index (χ0) is 12.1. The average molecular weight is 222 g/mol. The second-order valence-electron chi connectivity index (χ2n) is 3.73. The first-order valence-electron chi connectivity index (χ1n) is 4.99. The van der Waals surface area contributed by atoms with Crippen molar-refractivity contribution in [2.24, 2.45) is 5.92 Å². The van der Waals surface area contributed by atoms with Gasteiger partial charge in [-0.3, -0.25) is 4.79 Å². The molecule has 4 nitrogen and oxygen atoms in total. The number of benzene rings is 1. The predicted octanol–water partition coefficient (Wildman–Crippen LogP) is 1.99. The van der Waals surface area contributed by atoms with Gasteiger partial charge in [-0.2, -0.15) is 0 Å². The van der Waals surface area contributed by atoms with Crippen molar-refractivity contribution < 1.29 is 19.4 Å². The van der Waals surface area contributed by atoms with Gasteiger partial charge in [0.05, 0.1) is 0 Å². The van der Waals surface area contributed by atoms with E-state index in [1.54, 1.807) is 24.3 Å². The fourth-order valence-electron chi connectivity index (χ4n) is 1.19. The van der Waals surface area contributed by atoms with Crippen molar-refractivity contribution in [2.45, 2.75) is 13.8 Å². The zero-order valence-electron chi connectivity index (χ0n) is 9.27. The van der Waals surface area contributed by atoms with Crippen LogP contribution in [0.1, 0.15) is 24.2 Å². The molecule has 0 bridgehead atoms. The fraction of sp³-hybridized carbons (Fsp3) is 0.333. The SMILES string of the molecule is CC(C)C(=O)c1ccc(OCC(=O)O)cc1. The molecule has 0 amide bonds. The number of rotatable bonds is 5. The van der Waals surface area contributed by atoms with Crippen molar-refractivity contribution in [1.82, 2.24) is 0 Å². The Kier molecular flexibility index (Phi) is 4.05. The maximum absolute atomic E-state index is 11.6. The van der Waals surface area contributed by atoms with Crippen LogP contribution in [0.5, 0.6) is 5.75 Å². The molecule has 0 aliphatic carbocycles. The summed E-state index contributed by atoms with van der Waals surface area (Å²) in [5, 5.41) is 8.41. The number of carboxylic acid groups (broad SMARTS) is 1. The molecule has 0 radical (unpaired) electrons. The standard InChI is InChI=1S/C12H14O4/c1-8(2)12(15)9-3-5-10(6-4-9)16-7-11(13)14/h3-6,8H,7H2,1-2H3,(H,13,14). The van der Waals surface area contributed by atoms with Gasteiger partial charge in [-0.15, -0.1) is 0 Å². The van der Waals surface area contributed by atoms with Gasteiger partial charge in [0.2, 0.25) is 0 Å². The quantitative estimate of drug-likeness (QED) is 0.774. The Labute approximate surface area is 93.9 Å². The van der Waals surface area contributed by atoms with Gasteiger partial charge in [0, 0.05) is 11.5 Å². The lowest BCUT2D eigenvalue weighted by Gasteiger charge is -2.06. The second-order valence-corrected chi connectivity index (χ2v) is 3.73. The minimum absolute atomic E-state index is 0.0502. The Morgan fingerprint density at radius 1 is 1.25 bits per heavy atom. The van der Waals surface area contributed by atoms with E-state index in [1.165, 1.54) is 0 Å². The highest BCUT2D eigenvalue weighted by atomic mass is 16.5. The molecule has 1 N–H and O–H groups in total. The first-order valence-corrected chi connectivity index (χ1v) is 4.99. The Bertz CT molecular complexity index is 379. The van der Waals surface area contributed by atoms with E-state index in [0.29, 0.717) is 11.3 Å². The van der Waals surface area contributed by atoms with Gasteiger partial charge in [-0.25, -0.2) is 4.79 Å². The lowest BCUT2D eigenvalue weighted by molar-refractivity contribution is -0.139. The van der Waals surface area contributed by atoms with Crippen LogP contribution in [0, 0.1) is 5.92 Å². The third-order valence-electron chi connectivity index (χ3n) is 2.03. The highest BCUT2D eigenvalue weighted by Crippen LogP contribution is 2.14. The van der Waals surface area contributed by atoms with Gasteiger partial charge < -0.3 is 9.84 Å². The maximum atomic E-state index is 11.6. The lowest BCUT2D eigenvalue weighted by Crippen LogP contribution is -2.10. The van der Waals surface area contributed by atoms with E-state index in [1.807, 2.05) is 13.8 Å². The van der Waals surface area contributed by atoms with Gasteiger partial charge in [-0.05, 0) is 24.3 Å². The van der Waals surface area contributed by atoms with Crippen molar-refractivity contribution in [3.63, 3.8) is 0 Å². The van der Waals surface area contributed by atoms with E-state index in [-0.39, 0.29) is 18.3 Å². The second kappa shape index (κ2) is 5.30. The van der Waals surface area contributed by atoms with E-state index in [0.717, 1.165) is 0 Å². The average Bonchev–Trinajstić information content (AvgIpc) is 2.26. The summed E-state index contributed by atoms with van der Waals surface area (Å²) in [5.41, 5.74) is 0.609. The number of hydrogen-bond donors (Lipinski definition) is 1. The summed E-state index contributed by atoms with van der Waals surface area (Å²) in [6.45, 7) is 3.28. The summed E-state index contributed by atoms with van der Waals surface area (Å²) in [7, 11) is 0. The van der Waals surface area contributed by atoms with E-state index >= 15 is 0 Å². The first kappa shape index (κ1) is 12.2. The number of aliphatic carboxylic acids is 1. The lowest BCUT2D eigenvalue weighted by atomic mass is 10.0. The molecule has 1 rings (SSSR count). The highest BCUT2D eigenvalue weighted by Gasteiger charge is 2.10. The van der Waals surface area contributed by atoms with E-state index in [2.05, 4.69) is 0 Å². The van der Waals surface area contributed by atoms with Gasteiger partial charge >= 0.3 is 5.97 Å². The van der Waals surface area contributed by atoms with Gasteiger partial charge in [0.15, 0.2) is 12.4 Å². The van der Waals surface area contributed by atoms with E-state index in [4.69, 9.17) is 9.84 Å². The normalized spacial score (nSPS) is 10.2. The molecular weight excluding hydrogens is 208 g/mol. The summed E-state index contributed by atoms with van der Waals surface area (Å²) in [6, 6.07) is 6.47. The summed E-state index contributed by atoms with van der Waals surface area (Å²) < 4.78 is 4.95. The molecule has 0 aromatic heterocycles. The van der Waals surface area contributed by atoms with Crippen LogP contribution in [-0.2, 0) is 4.79 Å². The molecule has 0 fully saturated rings. The van der Waals surface area contributed by atoms with Crippen molar-refractivity contribution in [3.8, 4) is 5.75 Å². The van der Waals surface area contributed by atoms with Crippen LogP contribution in [0.15, 0.2) is 24.3 Å². The minimum atomic E-state index is -1.03. The third-order valence-corrected chi connectivity index (χ3v) is 2.03. The van der Waals surface area contributed by atoms with Crippen LogP contribution in [0.3, 0.4) is 0 Å². The molecule has 1 aromatic rings. The number of carbonyl (C=O) groups excluding carboxylic acids is 1. The smallest absolute Gasteiger partial charge is 0.341 e. The number of carboxylic acids is 1. The van der Waals surface area contributed by atoms with Crippen LogP contribution in [0.2, 0.25) is 0 Å². The third kappa shape index (κ3) is 3.38. The summed E-state index contributed by atoms with van der Waals surface area (Å²) in [6.07, 6.45) is 0. The Hall–Kier alpha value is -1.84. The number of Topliss-reactive ketones (excluding diaryl/α,β-unsaturated/α-hetero) is 1. The number of ketones is 1. The Morgan fingerprint density at radius 3 is 2.25 bits per heavy atom. The Morgan fingerprint density at radius 2 is 1.81 bits per heavy atom. The molecule has 0 unspecified atom stereocenters. The van der Waals surface area contributed by atoms with Crippen molar-refractivity contribution in [1.29, 1.82) is 0 Å². The molecule has 0 saturated carbocycles. The zero-order valence-corrected chi connectivity index (χ0v) is 9.27. The fourth-order valence-corrected chi connectivity index (χ4v) is 1.19. The largest absolute Gasteiger partial charge is 0.482 e. The molecule has 86 valence electrons. The van der Waals surface area contributed by atoms with Crippen LogP contribution in [-0.4, -0.2) is 23.5 Å². The molecule has 0 spiro atoms. The van der Waals surface area contributed by atoms with Gasteiger partial charge in [0.1, 0.15) is 5.75 Å². The van der Waals surface area contributed by atoms with Crippen molar-refractivity contribution in [2.75, 3.05) is 6.61 Å². The predicted molar refractivity (Wildman–Crippen MR) is 58.7 cm³/mol. The molecule has 16 heavy (non-hydrogen) atoms. The Balaban J connectivity index is 2.68. The van der Waals surface area contributed by atoms with Crippen LogP contribution >= 0.6 is 0 Å². The molecule has 0 aliphatic rings. The molecule has 0 atom stereocenters.